The average molecular weight is 301 g/mol. The number of nitrogens with zero attached hydrogens (tertiary/aromatic N) is 1. The quantitative estimate of drug-likeness (QED) is 0.655. The summed E-state index contributed by atoms with van der Waals surface area (Å²) in [6.45, 7) is 2.44. The van der Waals surface area contributed by atoms with Crippen molar-refractivity contribution in [2.75, 3.05) is 31.7 Å². The van der Waals surface area contributed by atoms with Crippen LogP contribution in [0.15, 0.2) is 23.1 Å². The van der Waals surface area contributed by atoms with E-state index in [2.05, 4.69) is 5.32 Å². The van der Waals surface area contributed by atoms with Crippen LogP contribution in [0.1, 0.15) is 19.8 Å². The Hall–Kier alpha value is -1.31. The minimum absolute atomic E-state index is 0.190. The van der Waals surface area contributed by atoms with E-state index in [9.17, 15) is 13.5 Å². The van der Waals surface area contributed by atoms with Crippen LogP contribution in [-0.4, -0.2) is 44.6 Å². The first-order chi connectivity index (χ1) is 9.28. The molecule has 0 aromatic heterocycles. The summed E-state index contributed by atoms with van der Waals surface area (Å²) < 4.78 is 25.2. The van der Waals surface area contributed by atoms with E-state index in [1.807, 2.05) is 6.92 Å². The van der Waals surface area contributed by atoms with Crippen molar-refractivity contribution in [3.63, 3.8) is 0 Å². The van der Waals surface area contributed by atoms with Gasteiger partial charge >= 0.3 is 0 Å². The number of nitrogen functional groups attached to an aromatic ring is 1. The summed E-state index contributed by atoms with van der Waals surface area (Å²) in [7, 11) is -0.509. The van der Waals surface area contributed by atoms with Gasteiger partial charge in [0, 0.05) is 20.6 Å². The van der Waals surface area contributed by atoms with E-state index >= 15 is 0 Å². The van der Waals surface area contributed by atoms with Gasteiger partial charge < -0.3 is 16.2 Å². The molecule has 0 aliphatic carbocycles. The number of nitrogens with one attached hydrogen (secondary N) is 1. The Morgan fingerprint density at radius 2 is 2.05 bits per heavy atom. The molecule has 0 aliphatic heterocycles. The van der Waals surface area contributed by atoms with Gasteiger partial charge in [-0.2, -0.15) is 0 Å². The Bertz CT molecular complexity index is 544. The van der Waals surface area contributed by atoms with E-state index in [-0.39, 0.29) is 11.0 Å². The molecule has 7 heteroatoms. The molecule has 1 aromatic carbocycles. The normalized spacial score (nSPS) is 13.4. The van der Waals surface area contributed by atoms with Crippen LogP contribution in [0.25, 0.3) is 0 Å². The van der Waals surface area contributed by atoms with Gasteiger partial charge in [0.1, 0.15) is 0 Å². The maximum Gasteiger partial charge on any atom is 0.242 e. The van der Waals surface area contributed by atoms with Gasteiger partial charge in [0.2, 0.25) is 10.0 Å². The van der Waals surface area contributed by atoms with Crippen molar-refractivity contribution in [3.8, 4) is 0 Å². The zero-order chi connectivity index (χ0) is 15.3. The molecule has 0 spiro atoms. The van der Waals surface area contributed by atoms with Gasteiger partial charge in [-0.05, 0) is 31.0 Å². The smallest absolute Gasteiger partial charge is 0.242 e. The molecule has 0 heterocycles. The molecule has 20 heavy (non-hydrogen) atoms. The van der Waals surface area contributed by atoms with Crippen LogP contribution in [0, 0.1) is 0 Å². The lowest BCUT2D eigenvalue weighted by atomic mass is 10.2. The third kappa shape index (κ3) is 4.09. The second-order valence-corrected chi connectivity index (χ2v) is 6.97. The molecular weight excluding hydrogens is 278 g/mol. The lowest BCUT2D eigenvalue weighted by Crippen LogP contribution is -2.22. The lowest BCUT2D eigenvalue weighted by Gasteiger charge is -2.15. The fourth-order valence-electron chi connectivity index (χ4n) is 1.64. The van der Waals surface area contributed by atoms with Gasteiger partial charge in [0.05, 0.1) is 22.4 Å². The number of aliphatic hydroxyl groups excluding tert-OH is 1. The maximum atomic E-state index is 12.0. The van der Waals surface area contributed by atoms with Gasteiger partial charge in [0.15, 0.2) is 0 Å². The summed E-state index contributed by atoms with van der Waals surface area (Å²) >= 11 is 0. The van der Waals surface area contributed by atoms with E-state index in [1.54, 1.807) is 6.07 Å². The third-order valence-corrected chi connectivity index (χ3v) is 4.88. The van der Waals surface area contributed by atoms with Gasteiger partial charge in [-0.3, -0.25) is 0 Å². The fraction of sp³-hybridized carbons (Fsp3) is 0.538. The lowest BCUT2D eigenvalue weighted by molar-refractivity contribution is 0.164. The molecule has 1 unspecified atom stereocenters. The van der Waals surface area contributed by atoms with E-state index in [4.69, 9.17) is 5.73 Å². The predicted octanol–water partition coefficient (Wildman–Crippen LogP) is 1.09. The third-order valence-electron chi connectivity index (χ3n) is 3.07. The Morgan fingerprint density at radius 1 is 1.40 bits per heavy atom. The molecule has 0 fully saturated rings. The molecule has 0 aliphatic rings. The number of anilines is 2. The summed E-state index contributed by atoms with van der Waals surface area (Å²) in [5, 5.41) is 12.5. The molecular formula is C13H23N3O3S. The molecule has 0 saturated heterocycles. The standard InChI is InChI=1S/C13H23N3O3S/c1-4-10(17)7-8-15-13-9-11(5-6-12(13)14)20(18,19)16(2)3/h5-6,9-10,15,17H,4,7-8,14H2,1-3H3. The molecule has 1 atom stereocenters. The summed E-state index contributed by atoms with van der Waals surface area (Å²) in [5.41, 5.74) is 6.87. The highest BCUT2D eigenvalue weighted by Crippen LogP contribution is 2.24. The van der Waals surface area contributed by atoms with Crippen LogP contribution in [0.4, 0.5) is 11.4 Å². The van der Waals surface area contributed by atoms with Gasteiger partial charge in [-0.15, -0.1) is 0 Å². The van der Waals surface area contributed by atoms with Crippen LogP contribution in [0.5, 0.6) is 0 Å². The summed E-state index contributed by atoms with van der Waals surface area (Å²) in [4.78, 5) is 0.190. The van der Waals surface area contributed by atoms with Crippen molar-refractivity contribution in [1.82, 2.24) is 4.31 Å². The Kier molecular flexibility index (Phi) is 5.79. The zero-order valence-corrected chi connectivity index (χ0v) is 12.9. The maximum absolute atomic E-state index is 12.0. The van der Waals surface area contributed by atoms with Gasteiger partial charge in [0.25, 0.3) is 0 Å². The molecule has 4 N–H and O–H groups in total. The first-order valence-corrected chi connectivity index (χ1v) is 7.97. The highest BCUT2D eigenvalue weighted by Gasteiger charge is 2.18. The number of hydrogen-bond acceptors (Lipinski definition) is 5. The molecule has 1 rings (SSSR count). The second-order valence-electron chi connectivity index (χ2n) is 4.81. The Balaban J connectivity index is 2.88. The average Bonchev–Trinajstić information content (AvgIpc) is 2.40. The van der Waals surface area contributed by atoms with Crippen LogP contribution in [0.2, 0.25) is 0 Å². The predicted molar refractivity (Wildman–Crippen MR) is 81.1 cm³/mol. The number of benzene rings is 1. The van der Waals surface area contributed by atoms with Crippen LogP contribution >= 0.6 is 0 Å². The van der Waals surface area contributed by atoms with Crippen molar-refractivity contribution in [1.29, 1.82) is 0 Å². The highest BCUT2D eigenvalue weighted by atomic mass is 32.2. The summed E-state index contributed by atoms with van der Waals surface area (Å²) in [6.07, 6.45) is 0.907. The van der Waals surface area contributed by atoms with Crippen molar-refractivity contribution < 1.29 is 13.5 Å². The van der Waals surface area contributed by atoms with Crippen molar-refractivity contribution >= 4 is 21.4 Å². The fourth-order valence-corrected chi connectivity index (χ4v) is 2.57. The van der Waals surface area contributed by atoms with E-state index in [0.717, 1.165) is 4.31 Å². The number of hydrogen-bond donors (Lipinski definition) is 3. The molecule has 0 saturated carbocycles. The molecule has 1 aromatic rings. The van der Waals surface area contributed by atoms with E-state index in [0.29, 0.717) is 30.8 Å². The number of aliphatic hydroxyl groups is 1. The van der Waals surface area contributed by atoms with Crippen LogP contribution in [-0.2, 0) is 10.0 Å². The number of sulfonamides is 1. The molecule has 0 bridgehead atoms. The minimum atomic E-state index is -3.47. The molecule has 0 amide bonds. The molecule has 114 valence electrons. The number of nitrogens with two attached hydrogens (primary N) is 1. The molecule has 6 nitrogen and oxygen atoms in total. The topological polar surface area (TPSA) is 95.7 Å². The number of rotatable bonds is 7. The summed E-state index contributed by atoms with van der Waals surface area (Å²) in [5.74, 6) is 0. The highest BCUT2D eigenvalue weighted by molar-refractivity contribution is 7.89. The van der Waals surface area contributed by atoms with Crippen LogP contribution < -0.4 is 11.1 Å². The first-order valence-electron chi connectivity index (χ1n) is 6.53. The van der Waals surface area contributed by atoms with Gasteiger partial charge in [-0.25, -0.2) is 12.7 Å². The monoisotopic (exact) mass is 301 g/mol. The van der Waals surface area contributed by atoms with Gasteiger partial charge in [-0.1, -0.05) is 6.92 Å². The largest absolute Gasteiger partial charge is 0.397 e. The van der Waals surface area contributed by atoms with Crippen molar-refractivity contribution in [3.05, 3.63) is 18.2 Å². The Morgan fingerprint density at radius 3 is 2.60 bits per heavy atom. The molecule has 0 radical (unpaired) electrons. The Labute approximate surface area is 120 Å². The van der Waals surface area contributed by atoms with Crippen LogP contribution in [0.3, 0.4) is 0 Å². The zero-order valence-electron chi connectivity index (χ0n) is 12.1. The SMILES string of the molecule is CCC(O)CCNc1cc(S(=O)(=O)N(C)C)ccc1N. The first kappa shape index (κ1) is 16.7. The second kappa shape index (κ2) is 6.92. The summed E-state index contributed by atoms with van der Waals surface area (Å²) in [6, 6.07) is 4.56. The van der Waals surface area contributed by atoms with Crippen molar-refractivity contribution in [2.45, 2.75) is 30.8 Å². The van der Waals surface area contributed by atoms with Crippen molar-refractivity contribution in [2.24, 2.45) is 0 Å². The minimum Gasteiger partial charge on any atom is -0.397 e. The van der Waals surface area contributed by atoms with E-state index < -0.39 is 10.0 Å². The van der Waals surface area contributed by atoms with E-state index in [1.165, 1.54) is 26.2 Å².